The van der Waals surface area contributed by atoms with Crippen LogP contribution in [0.1, 0.15) is 29.0 Å². The highest BCUT2D eigenvalue weighted by Crippen LogP contribution is 2.33. The van der Waals surface area contributed by atoms with E-state index in [0.29, 0.717) is 54.6 Å². The first-order valence-electron chi connectivity index (χ1n) is 9.03. The quantitative estimate of drug-likeness (QED) is 0.858. The van der Waals surface area contributed by atoms with Gasteiger partial charge in [0.2, 0.25) is 5.91 Å². The molecule has 2 fully saturated rings. The zero-order chi connectivity index (χ0) is 19.0. The van der Waals surface area contributed by atoms with Crippen LogP contribution < -0.4 is 5.32 Å². The molecule has 0 atom stereocenters. The predicted molar refractivity (Wildman–Crippen MR) is 101 cm³/mol. The highest BCUT2D eigenvalue weighted by atomic mass is 35.5. The number of carbonyl (C=O) groups excluding carboxylic acids is 2. The maximum absolute atomic E-state index is 13.0. The first-order chi connectivity index (χ1) is 13.0. The molecule has 2 aliphatic rings. The summed E-state index contributed by atoms with van der Waals surface area (Å²) in [7, 11) is 0. The first kappa shape index (κ1) is 18.1. The summed E-state index contributed by atoms with van der Waals surface area (Å²) in [6, 6.07) is 9.17. The van der Waals surface area contributed by atoms with Crippen LogP contribution in [0.5, 0.6) is 0 Å². The molecule has 1 spiro atoms. The number of hydrogen-bond donors (Lipinski definition) is 1. The first-order valence-corrected chi connectivity index (χ1v) is 9.40. The molecule has 0 saturated carbocycles. The fraction of sp³-hybridized carbons (Fsp3) is 0.400. The van der Waals surface area contributed by atoms with Gasteiger partial charge in [0.1, 0.15) is 18.1 Å². The van der Waals surface area contributed by atoms with Gasteiger partial charge in [0, 0.05) is 25.2 Å². The predicted octanol–water partition coefficient (Wildman–Crippen LogP) is 3.03. The number of hydrogen-bond acceptors (Lipinski definition) is 4. The fourth-order valence-corrected chi connectivity index (χ4v) is 3.91. The Morgan fingerprint density at radius 3 is 2.67 bits per heavy atom. The third-order valence-corrected chi connectivity index (χ3v) is 5.70. The SMILES string of the molecule is Cc1oc(-c2ccccc2Cl)cc1C(=O)N1CCC2(CC1)CNC(=O)CO2. The Morgan fingerprint density at radius 1 is 1.26 bits per heavy atom. The average molecular weight is 389 g/mol. The number of likely N-dealkylation sites (tertiary alicyclic amines) is 1. The molecule has 0 aliphatic carbocycles. The average Bonchev–Trinajstić information content (AvgIpc) is 3.06. The van der Waals surface area contributed by atoms with E-state index < -0.39 is 0 Å². The lowest BCUT2D eigenvalue weighted by Gasteiger charge is -2.43. The molecule has 2 saturated heterocycles. The molecule has 142 valence electrons. The van der Waals surface area contributed by atoms with Crippen LogP contribution in [0, 0.1) is 6.92 Å². The summed E-state index contributed by atoms with van der Waals surface area (Å²) < 4.78 is 11.6. The van der Waals surface area contributed by atoms with Gasteiger partial charge in [0.05, 0.1) is 16.2 Å². The summed E-state index contributed by atoms with van der Waals surface area (Å²) in [4.78, 5) is 26.1. The van der Waals surface area contributed by atoms with Gasteiger partial charge in [-0.15, -0.1) is 0 Å². The molecule has 2 amide bonds. The van der Waals surface area contributed by atoms with Crippen molar-refractivity contribution in [3.63, 3.8) is 0 Å². The van der Waals surface area contributed by atoms with Crippen LogP contribution >= 0.6 is 11.6 Å². The number of piperidine rings is 1. The third kappa shape index (κ3) is 3.47. The van der Waals surface area contributed by atoms with Crippen LogP contribution in [0.25, 0.3) is 11.3 Å². The molecule has 0 unspecified atom stereocenters. The zero-order valence-electron chi connectivity index (χ0n) is 15.1. The molecule has 0 bridgehead atoms. The number of nitrogens with one attached hydrogen (secondary N) is 1. The second kappa shape index (κ2) is 7.02. The van der Waals surface area contributed by atoms with Crippen LogP contribution in [0.15, 0.2) is 34.7 Å². The summed E-state index contributed by atoms with van der Waals surface area (Å²) in [5.74, 6) is 1.04. The Bertz CT molecular complexity index is 872. The number of furan rings is 1. The van der Waals surface area contributed by atoms with Crippen LogP contribution in [0.2, 0.25) is 5.02 Å². The zero-order valence-corrected chi connectivity index (χ0v) is 15.8. The van der Waals surface area contributed by atoms with Gasteiger partial charge in [-0.3, -0.25) is 9.59 Å². The maximum atomic E-state index is 13.0. The third-order valence-electron chi connectivity index (χ3n) is 5.37. The molecule has 2 aromatic rings. The Balaban J connectivity index is 1.48. The van der Waals surface area contributed by atoms with E-state index >= 15 is 0 Å². The van der Waals surface area contributed by atoms with E-state index in [-0.39, 0.29) is 24.0 Å². The van der Waals surface area contributed by atoms with E-state index in [0.717, 1.165) is 5.56 Å². The summed E-state index contributed by atoms with van der Waals surface area (Å²) in [6.07, 6.45) is 1.40. The van der Waals surface area contributed by atoms with Crippen molar-refractivity contribution >= 4 is 23.4 Å². The largest absolute Gasteiger partial charge is 0.460 e. The molecule has 27 heavy (non-hydrogen) atoms. The van der Waals surface area contributed by atoms with Crippen molar-refractivity contribution < 1.29 is 18.7 Å². The van der Waals surface area contributed by atoms with Gasteiger partial charge in [0.15, 0.2) is 0 Å². The van der Waals surface area contributed by atoms with E-state index in [2.05, 4.69) is 5.32 Å². The molecule has 1 aromatic carbocycles. The number of nitrogens with zero attached hydrogens (tertiary/aromatic N) is 1. The topological polar surface area (TPSA) is 71.8 Å². The Labute approximate surface area is 162 Å². The number of carbonyl (C=O) groups is 2. The number of benzene rings is 1. The summed E-state index contributed by atoms with van der Waals surface area (Å²) >= 11 is 6.24. The highest BCUT2D eigenvalue weighted by molar-refractivity contribution is 6.33. The number of amides is 2. The second-order valence-electron chi connectivity index (χ2n) is 7.10. The van der Waals surface area contributed by atoms with E-state index in [1.54, 1.807) is 19.1 Å². The molecule has 7 heteroatoms. The molecular weight excluding hydrogens is 368 g/mol. The van der Waals surface area contributed by atoms with Crippen molar-refractivity contribution in [2.45, 2.75) is 25.4 Å². The Hall–Kier alpha value is -2.31. The molecule has 6 nitrogen and oxygen atoms in total. The summed E-state index contributed by atoms with van der Waals surface area (Å²) in [5.41, 5.74) is 0.975. The van der Waals surface area contributed by atoms with Gasteiger partial charge in [-0.25, -0.2) is 0 Å². The monoisotopic (exact) mass is 388 g/mol. The van der Waals surface area contributed by atoms with Crippen LogP contribution in [0.3, 0.4) is 0 Å². The van der Waals surface area contributed by atoms with E-state index in [1.165, 1.54) is 0 Å². The Morgan fingerprint density at radius 2 is 2.00 bits per heavy atom. The number of aryl methyl sites for hydroxylation is 1. The van der Waals surface area contributed by atoms with Crippen molar-refractivity contribution in [3.8, 4) is 11.3 Å². The maximum Gasteiger partial charge on any atom is 0.257 e. The fourth-order valence-electron chi connectivity index (χ4n) is 3.68. The van der Waals surface area contributed by atoms with Crippen LogP contribution in [0.4, 0.5) is 0 Å². The van der Waals surface area contributed by atoms with Gasteiger partial charge in [-0.2, -0.15) is 0 Å². The van der Waals surface area contributed by atoms with Crippen LogP contribution in [-0.4, -0.2) is 48.6 Å². The minimum atomic E-state index is -0.348. The van der Waals surface area contributed by atoms with E-state index in [1.807, 2.05) is 23.1 Å². The molecule has 3 heterocycles. The molecule has 1 aromatic heterocycles. The van der Waals surface area contributed by atoms with Gasteiger partial charge in [0.25, 0.3) is 5.91 Å². The number of halogens is 1. The molecule has 1 N–H and O–H groups in total. The summed E-state index contributed by atoms with van der Waals surface area (Å²) in [6.45, 7) is 3.56. The van der Waals surface area contributed by atoms with Gasteiger partial charge in [-0.05, 0) is 38.0 Å². The highest BCUT2D eigenvalue weighted by Gasteiger charge is 2.40. The number of rotatable bonds is 2. The van der Waals surface area contributed by atoms with E-state index in [9.17, 15) is 9.59 Å². The van der Waals surface area contributed by atoms with Crippen molar-refractivity contribution in [2.75, 3.05) is 26.2 Å². The van der Waals surface area contributed by atoms with Gasteiger partial charge >= 0.3 is 0 Å². The smallest absolute Gasteiger partial charge is 0.257 e. The lowest BCUT2D eigenvalue weighted by atomic mass is 9.89. The van der Waals surface area contributed by atoms with E-state index in [4.69, 9.17) is 20.8 Å². The van der Waals surface area contributed by atoms with Crippen molar-refractivity contribution in [3.05, 3.63) is 46.7 Å². The normalized spacial score (nSPS) is 19.2. The lowest BCUT2D eigenvalue weighted by molar-refractivity contribution is -0.149. The molecule has 0 radical (unpaired) electrons. The van der Waals surface area contributed by atoms with Gasteiger partial charge in [-0.1, -0.05) is 23.7 Å². The number of ether oxygens (including phenoxy) is 1. The van der Waals surface area contributed by atoms with Crippen molar-refractivity contribution in [1.29, 1.82) is 0 Å². The van der Waals surface area contributed by atoms with Crippen LogP contribution in [-0.2, 0) is 9.53 Å². The minimum absolute atomic E-state index is 0.0516. The minimum Gasteiger partial charge on any atom is -0.460 e. The lowest BCUT2D eigenvalue weighted by Crippen LogP contribution is -2.58. The molecule has 2 aliphatic heterocycles. The second-order valence-corrected chi connectivity index (χ2v) is 7.51. The summed E-state index contributed by atoms with van der Waals surface area (Å²) in [5, 5.41) is 3.44. The van der Waals surface area contributed by atoms with Crippen molar-refractivity contribution in [1.82, 2.24) is 10.2 Å². The number of morpholine rings is 1. The molecular formula is C20H21ClN2O4. The standard InChI is InChI=1S/C20H21ClN2O4/c1-13-15(10-17(27-13)14-4-2-3-5-16(14)21)19(25)23-8-6-20(7-9-23)12-22-18(24)11-26-20/h2-5,10H,6-9,11-12H2,1H3,(H,22,24). The molecule has 4 rings (SSSR count). The van der Waals surface area contributed by atoms with Crippen molar-refractivity contribution in [2.24, 2.45) is 0 Å². The van der Waals surface area contributed by atoms with Gasteiger partial charge < -0.3 is 19.4 Å². The Kier molecular flexibility index (Phi) is 4.70.